The van der Waals surface area contributed by atoms with Gasteiger partial charge in [-0.1, -0.05) is 0 Å². The van der Waals surface area contributed by atoms with E-state index in [9.17, 15) is 18.0 Å². The fourth-order valence-electron chi connectivity index (χ4n) is 2.59. The minimum Gasteiger partial charge on any atom is -0.466 e. The number of carbonyl (C=O) groups excluding carboxylic acids is 2. The number of esters is 1. The Morgan fingerprint density at radius 2 is 2.04 bits per heavy atom. The highest BCUT2D eigenvalue weighted by Crippen LogP contribution is 2.23. The Bertz CT molecular complexity index is 709. The topological polar surface area (TPSA) is 106 Å². The molecule has 0 aliphatic carbocycles. The molecule has 0 spiro atoms. The van der Waals surface area contributed by atoms with Crippen molar-refractivity contribution >= 4 is 38.4 Å². The van der Waals surface area contributed by atoms with Crippen LogP contribution in [0.3, 0.4) is 0 Å². The molecule has 2 rings (SSSR count). The molecule has 0 atom stereocenters. The molecule has 8 nitrogen and oxygen atoms in total. The van der Waals surface area contributed by atoms with Gasteiger partial charge in [-0.3, -0.25) is 9.59 Å². The number of carbonyl (C=O) groups is 2. The summed E-state index contributed by atoms with van der Waals surface area (Å²) in [5, 5.41) is 4.90. The van der Waals surface area contributed by atoms with E-state index >= 15 is 0 Å². The van der Waals surface area contributed by atoms with Crippen LogP contribution in [-0.2, 0) is 30.8 Å². The van der Waals surface area contributed by atoms with Crippen molar-refractivity contribution in [3.8, 4) is 0 Å². The lowest BCUT2D eigenvalue weighted by atomic mass is 9.97. The standard InChI is InChI=1S/C15H23N3O5S2/c1-3-23-13(19)9-12-10-24-15(16-12)17-14(20)11-5-7-18(8-6-11)25(21,22)4-2/h10-11H,3-9H2,1-2H3,(H,16,17,20). The van der Waals surface area contributed by atoms with E-state index in [4.69, 9.17) is 4.74 Å². The van der Waals surface area contributed by atoms with Gasteiger partial charge in [0, 0.05) is 24.4 Å². The molecule has 1 amide bonds. The van der Waals surface area contributed by atoms with Gasteiger partial charge in [-0.2, -0.15) is 0 Å². The van der Waals surface area contributed by atoms with E-state index in [0.717, 1.165) is 0 Å². The predicted octanol–water partition coefficient (Wildman–Crippen LogP) is 1.25. The fraction of sp³-hybridized carbons (Fsp3) is 0.667. The van der Waals surface area contributed by atoms with E-state index in [1.165, 1.54) is 15.6 Å². The number of hydrogen-bond acceptors (Lipinski definition) is 7. The van der Waals surface area contributed by atoms with E-state index in [0.29, 0.717) is 43.4 Å². The zero-order valence-corrected chi connectivity index (χ0v) is 16.0. The van der Waals surface area contributed by atoms with Gasteiger partial charge in [-0.25, -0.2) is 17.7 Å². The highest BCUT2D eigenvalue weighted by Gasteiger charge is 2.30. The van der Waals surface area contributed by atoms with Gasteiger partial charge in [0.1, 0.15) is 0 Å². The summed E-state index contributed by atoms with van der Waals surface area (Å²) in [5.41, 5.74) is 0.558. The molecule has 1 aliphatic heterocycles. The van der Waals surface area contributed by atoms with Crippen LogP contribution in [0.15, 0.2) is 5.38 Å². The summed E-state index contributed by atoms with van der Waals surface area (Å²) >= 11 is 1.25. The molecule has 10 heteroatoms. The van der Waals surface area contributed by atoms with Crippen LogP contribution in [0.5, 0.6) is 0 Å². The summed E-state index contributed by atoms with van der Waals surface area (Å²) in [6.07, 6.45) is 1.06. The molecule has 1 aliphatic rings. The number of nitrogens with one attached hydrogen (secondary N) is 1. The number of piperidine rings is 1. The van der Waals surface area contributed by atoms with Crippen molar-refractivity contribution < 1.29 is 22.7 Å². The number of anilines is 1. The van der Waals surface area contributed by atoms with Crippen molar-refractivity contribution in [2.24, 2.45) is 5.92 Å². The van der Waals surface area contributed by atoms with Crippen molar-refractivity contribution in [3.05, 3.63) is 11.1 Å². The monoisotopic (exact) mass is 389 g/mol. The van der Waals surface area contributed by atoms with Crippen molar-refractivity contribution in [3.63, 3.8) is 0 Å². The summed E-state index contributed by atoms with van der Waals surface area (Å²) in [7, 11) is -3.19. The lowest BCUT2D eigenvalue weighted by Crippen LogP contribution is -2.42. The number of nitrogens with zero attached hydrogens (tertiary/aromatic N) is 2. The summed E-state index contributed by atoms with van der Waals surface area (Å²) < 4.78 is 30.0. The molecular weight excluding hydrogens is 366 g/mol. The maximum Gasteiger partial charge on any atom is 0.311 e. The fourth-order valence-corrected chi connectivity index (χ4v) is 4.44. The number of amides is 1. The highest BCUT2D eigenvalue weighted by atomic mass is 32.2. The molecule has 1 saturated heterocycles. The van der Waals surface area contributed by atoms with Crippen LogP contribution in [0, 0.1) is 5.92 Å². The van der Waals surface area contributed by atoms with E-state index < -0.39 is 10.0 Å². The largest absolute Gasteiger partial charge is 0.466 e. The molecule has 25 heavy (non-hydrogen) atoms. The second-order valence-electron chi connectivity index (χ2n) is 5.69. The summed E-state index contributed by atoms with van der Waals surface area (Å²) in [6, 6.07) is 0. The van der Waals surface area contributed by atoms with Crippen LogP contribution < -0.4 is 5.32 Å². The van der Waals surface area contributed by atoms with Gasteiger partial charge in [-0.05, 0) is 26.7 Å². The molecule has 1 aromatic heterocycles. The van der Waals surface area contributed by atoms with E-state index in [1.807, 2.05) is 0 Å². The van der Waals surface area contributed by atoms with E-state index in [1.54, 1.807) is 19.2 Å². The van der Waals surface area contributed by atoms with Gasteiger partial charge in [0.15, 0.2) is 5.13 Å². The van der Waals surface area contributed by atoms with Crippen LogP contribution >= 0.6 is 11.3 Å². The first kappa shape index (κ1) is 19.8. The number of hydrogen-bond donors (Lipinski definition) is 1. The number of thiazole rings is 1. The Morgan fingerprint density at radius 1 is 1.36 bits per heavy atom. The second kappa shape index (κ2) is 8.72. The lowest BCUT2D eigenvalue weighted by Gasteiger charge is -2.30. The summed E-state index contributed by atoms with van der Waals surface area (Å²) in [6.45, 7) is 4.39. The lowest BCUT2D eigenvalue weighted by molar-refractivity contribution is -0.142. The Morgan fingerprint density at radius 3 is 2.64 bits per heavy atom. The van der Waals surface area contributed by atoms with Gasteiger partial charge in [-0.15, -0.1) is 11.3 Å². The first-order valence-electron chi connectivity index (χ1n) is 8.24. The van der Waals surface area contributed by atoms with Crippen LogP contribution in [-0.4, -0.2) is 55.0 Å². The van der Waals surface area contributed by atoms with E-state index in [2.05, 4.69) is 10.3 Å². The summed E-state index contributed by atoms with van der Waals surface area (Å²) in [5.74, 6) is -0.673. The third kappa shape index (κ3) is 5.48. The Kier molecular flexibility index (Phi) is 6.91. The highest BCUT2D eigenvalue weighted by molar-refractivity contribution is 7.89. The molecule has 140 valence electrons. The first-order valence-corrected chi connectivity index (χ1v) is 10.7. The molecule has 0 bridgehead atoms. The van der Waals surface area contributed by atoms with Crippen molar-refractivity contribution in [1.29, 1.82) is 0 Å². The minimum absolute atomic E-state index is 0.0756. The van der Waals surface area contributed by atoms with Gasteiger partial charge in [0.05, 0.1) is 24.5 Å². The van der Waals surface area contributed by atoms with Gasteiger partial charge in [0.25, 0.3) is 0 Å². The Hall–Kier alpha value is -1.52. The molecule has 2 heterocycles. The molecular formula is C15H23N3O5S2. The average molecular weight is 389 g/mol. The Labute approximate surface area is 151 Å². The second-order valence-corrected chi connectivity index (χ2v) is 8.80. The van der Waals surface area contributed by atoms with Crippen LogP contribution in [0.2, 0.25) is 0 Å². The first-order chi connectivity index (χ1) is 11.9. The van der Waals surface area contributed by atoms with Crippen LogP contribution in [0.25, 0.3) is 0 Å². The zero-order chi connectivity index (χ0) is 18.4. The van der Waals surface area contributed by atoms with E-state index in [-0.39, 0.29) is 30.0 Å². The number of ether oxygens (including phenoxy) is 1. The molecule has 1 aromatic rings. The van der Waals surface area contributed by atoms with Gasteiger partial charge < -0.3 is 10.1 Å². The smallest absolute Gasteiger partial charge is 0.311 e. The van der Waals surface area contributed by atoms with Crippen molar-refractivity contribution in [2.45, 2.75) is 33.1 Å². The molecule has 0 radical (unpaired) electrons. The number of sulfonamides is 1. The van der Waals surface area contributed by atoms with Crippen molar-refractivity contribution in [2.75, 3.05) is 30.8 Å². The molecule has 0 unspecified atom stereocenters. The van der Waals surface area contributed by atoms with Crippen LogP contribution in [0.4, 0.5) is 5.13 Å². The third-order valence-electron chi connectivity index (χ3n) is 4.00. The number of aromatic nitrogens is 1. The quantitative estimate of drug-likeness (QED) is 0.704. The third-order valence-corrected chi connectivity index (χ3v) is 6.68. The summed E-state index contributed by atoms with van der Waals surface area (Å²) in [4.78, 5) is 28.0. The zero-order valence-electron chi connectivity index (χ0n) is 14.4. The minimum atomic E-state index is -3.19. The molecule has 0 aromatic carbocycles. The number of rotatable bonds is 7. The maximum absolute atomic E-state index is 12.3. The normalized spacial score (nSPS) is 16.6. The predicted molar refractivity (Wildman–Crippen MR) is 94.8 cm³/mol. The molecule has 0 saturated carbocycles. The van der Waals surface area contributed by atoms with Gasteiger partial charge in [0.2, 0.25) is 15.9 Å². The average Bonchev–Trinajstić information content (AvgIpc) is 3.02. The van der Waals surface area contributed by atoms with Gasteiger partial charge >= 0.3 is 5.97 Å². The Balaban J connectivity index is 1.85. The van der Waals surface area contributed by atoms with Crippen LogP contribution in [0.1, 0.15) is 32.4 Å². The molecule has 1 N–H and O–H groups in total. The molecule has 1 fully saturated rings. The maximum atomic E-state index is 12.3. The van der Waals surface area contributed by atoms with Crippen molar-refractivity contribution in [1.82, 2.24) is 9.29 Å². The SMILES string of the molecule is CCOC(=O)Cc1csc(NC(=O)C2CCN(S(=O)(=O)CC)CC2)n1.